The summed E-state index contributed by atoms with van der Waals surface area (Å²) in [6.45, 7) is -0.253. The smallest absolute Gasteiger partial charge is 0.277 e. The van der Waals surface area contributed by atoms with Crippen LogP contribution in [-0.2, 0) is 4.79 Å². The van der Waals surface area contributed by atoms with Crippen molar-refractivity contribution in [1.82, 2.24) is 5.43 Å². The van der Waals surface area contributed by atoms with E-state index in [9.17, 15) is 9.90 Å². The normalized spacial score (nSPS) is 10.6. The van der Waals surface area contributed by atoms with Crippen LogP contribution in [0.25, 0.3) is 0 Å². The number of nitrogens with zero attached hydrogens (tertiary/aromatic N) is 1. The summed E-state index contributed by atoms with van der Waals surface area (Å²) >= 11 is 11.7. The fraction of sp³-hybridized carbons (Fsp3) is 0.0667. The fourth-order valence-electron chi connectivity index (χ4n) is 1.55. The molecule has 5 nitrogen and oxygen atoms in total. The predicted octanol–water partition coefficient (Wildman–Crippen LogP) is 3.23. The van der Waals surface area contributed by atoms with Crippen molar-refractivity contribution in [3.8, 4) is 11.5 Å². The summed E-state index contributed by atoms with van der Waals surface area (Å²) in [7, 11) is 0. The molecule has 0 bridgehead atoms. The maximum absolute atomic E-state index is 11.6. The monoisotopic (exact) mass is 338 g/mol. The zero-order valence-electron chi connectivity index (χ0n) is 11.3. The van der Waals surface area contributed by atoms with Crippen LogP contribution in [0.5, 0.6) is 11.5 Å². The number of carbonyl (C=O) groups is 1. The van der Waals surface area contributed by atoms with Crippen LogP contribution in [0, 0.1) is 0 Å². The molecule has 0 spiro atoms. The second-order valence-electron chi connectivity index (χ2n) is 4.25. The Kier molecular flexibility index (Phi) is 5.63. The van der Waals surface area contributed by atoms with Gasteiger partial charge in [0.2, 0.25) is 0 Å². The molecule has 0 heterocycles. The van der Waals surface area contributed by atoms with Crippen molar-refractivity contribution in [2.75, 3.05) is 6.61 Å². The average molecular weight is 339 g/mol. The number of rotatable bonds is 5. The maximum Gasteiger partial charge on any atom is 0.277 e. The number of halogens is 2. The van der Waals surface area contributed by atoms with E-state index >= 15 is 0 Å². The minimum absolute atomic E-state index is 0.120. The van der Waals surface area contributed by atoms with E-state index in [0.717, 1.165) is 0 Å². The van der Waals surface area contributed by atoms with Gasteiger partial charge in [0.15, 0.2) is 6.61 Å². The molecule has 1 amide bonds. The lowest BCUT2D eigenvalue weighted by Crippen LogP contribution is -2.24. The molecule has 2 aromatic carbocycles. The Morgan fingerprint density at radius 3 is 2.86 bits per heavy atom. The number of hydrogen-bond donors (Lipinski definition) is 2. The van der Waals surface area contributed by atoms with E-state index in [0.29, 0.717) is 21.4 Å². The zero-order chi connectivity index (χ0) is 15.9. The molecule has 0 aliphatic rings. The minimum atomic E-state index is -0.451. The Balaban J connectivity index is 1.84. The molecule has 2 rings (SSSR count). The lowest BCUT2D eigenvalue weighted by Gasteiger charge is -2.07. The number of nitrogens with one attached hydrogen (secondary N) is 1. The zero-order valence-corrected chi connectivity index (χ0v) is 12.8. The second-order valence-corrected chi connectivity index (χ2v) is 5.10. The Hall–Kier alpha value is -2.24. The van der Waals surface area contributed by atoms with E-state index in [4.69, 9.17) is 27.9 Å². The van der Waals surface area contributed by atoms with Crippen molar-refractivity contribution in [3.63, 3.8) is 0 Å². The van der Waals surface area contributed by atoms with Crippen LogP contribution in [0.4, 0.5) is 0 Å². The topological polar surface area (TPSA) is 70.9 Å². The highest BCUT2D eigenvalue weighted by molar-refractivity contribution is 6.34. The van der Waals surface area contributed by atoms with Gasteiger partial charge in [-0.15, -0.1) is 0 Å². The molecule has 0 unspecified atom stereocenters. The summed E-state index contributed by atoms with van der Waals surface area (Å²) in [5.74, 6) is -0.0112. The molecule has 0 atom stereocenters. The summed E-state index contributed by atoms with van der Waals surface area (Å²) in [6.07, 6.45) is 1.41. The van der Waals surface area contributed by atoms with Gasteiger partial charge in [0.1, 0.15) is 11.5 Å². The van der Waals surface area contributed by atoms with Gasteiger partial charge in [0.05, 0.1) is 11.2 Å². The first-order chi connectivity index (χ1) is 10.5. The highest BCUT2D eigenvalue weighted by Crippen LogP contribution is 2.27. The molecule has 0 fully saturated rings. The van der Waals surface area contributed by atoms with E-state index in [1.54, 1.807) is 30.3 Å². The molecule has 0 aromatic heterocycles. The van der Waals surface area contributed by atoms with Gasteiger partial charge in [-0.05, 0) is 29.8 Å². The van der Waals surface area contributed by atoms with E-state index in [1.165, 1.54) is 18.3 Å². The first kappa shape index (κ1) is 16.1. The summed E-state index contributed by atoms with van der Waals surface area (Å²) in [6, 6.07) is 11.2. The van der Waals surface area contributed by atoms with Crippen molar-refractivity contribution in [2.45, 2.75) is 0 Å². The molecule has 0 saturated heterocycles. The van der Waals surface area contributed by atoms with Crippen molar-refractivity contribution in [2.24, 2.45) is 5.10 Å². The first-order valence-corrected chi connectivity index (χ1v) is 6.99. The molecular formula is C15H12Cl2N2O3. The number of ether oxygens (including phenoxy) is 1. The van der Waals surface area contributed by atoms with Crippen LogP contribution in [0.3, 0.4) is 0 Å². The van der Waals surface area contributed by atoms with Crippen LogP contribution in [-0.4, -0.2) is 23.8 Å². The molecule has 2 N–H and O–H groups in total. The number of hydrogen-bond acceptors (Lipinski definition) is 4. The number of phenols is 1. The molecule has 0 saturated carbocycles. The van der Waals surface area contributed by atoms with Gasteiger partial charge in [-0.1, -0.05) is 35.3 Å². The molecule has 0 aliphatic carbocycles. The largest absolute Gasteiger partial charge is 0.508 e. The van der Waals surface area contributed by atoms with Crippen molar-refractivity contribution >= 4 is 35.3 Å². The van der Waals surface area contributed by atoms with E-state index in [-0.39, 0.29) is 12.4 Å². The minimum Gasteiger partial charge on any atom is -0.508 e. The van der Waals surface area contributed by atoms with Gasteiger partial charge in [-0.25, -0.2) is 5.43 Å². The summed E-state index contributed by atoms with van der Waals surface area (Å²) in [5, 5.41) is 13.9. The van der Waals surface area contributed by atoms with Crippen LogP contribution in [0.15, 0.2) is 47.6 Å². The lowest BCUT2D eigenvalue weighted by atomic mass is 10.2. The Labute approximate surface area is 137 Å². The number of carbonyl (C=O) groups excluding carboxylic acids is 1. The van der Waals surface area contributed by atoms with Gasteiger partial charge in [0, 0.05) is 11.1 Å². The third kappa shape index (κ3) is 4.95. The first-order valence-electron chi connectivity index (χ1n) is 6.23. The second kappa shape index (κ2) is 7.68. The molecule has 22 heavy (non-hydrogen) atoms. The molecule has 7 heteroatoms. The highest BCUT2D eigenvalue weighted by atomic mass is 35.5. The van der Waals surface area contributed by atoms with Crippen molar-refractivity contribution in [1.29, 1.82) is 0 Å². The van der Waals surface area contributed by atoms with Gasteiger partial charge in [-0.2, -0.15) is 5.10 Å². The van der Waals surface area contributed by atoms with Gasteiger partial charge >= 0.3 is 0 Å². The van der Waals surface area contributed by atoms with Crippen LogP contribution in [0.1, 0.15) is 5.56 Å². The predicted molar refractivity (Wildman–Crippen MR) is 85.8 cm³/mol. The Morgan fingerprint density at radius 2 is 2.09 bits per heavy atom. The quantitative estimate of drug-likeness (QED) is 0.649. The number of hydrazone groups is 1. The van der Waals surface area contributed by atoms with Crippen LogP contribution < -0.4 is 10.2 Å². The third-order valence-electron chi connectivity index (χ3n) is 2.53. The van der Waals surface area contributed by atoms with Gasteiger partial charge in [0.25, 0.3) is 5.91 Å². The molecule has 0 aliphatic heterocycles. The maximum atomic E-state index is 11.6. The Bertz CT molecular complexity index is 705. The van der Waals surface area contributed by atoms with Crippen LogP contribution >= 0.6 is 23.2 Å². The fourth-order valence-corrected chi connectivity index (χ4v) is 1.88. The SMILES string of the molecule is O=C(COc1cc(Cl)ccc1Cl)N/N=C/c1cccc(O)c1. The third-order valence-corrected chi connectivity index (χ3v) is 3.07. The van der Waals surface area contributed by atoms with Crippen molar-refractivity contribution < 1.29 is 14.6 Å². The van der Waals surface area contributed by atoms with Gasteiger partial charge < -0.3 is 9.84 Å². The van der Waals surface area contributed by atoms with Crippen molar-refractivity contribution in [3.05, 3.63) is 58.1 Å². The highest BCUT2D eigenvalue weighted by Gasteiger charge is 2.06. The standard InChI is InChI=1S/C15H12Cl2N2O3/c16-11-4-5-13(17)14(7-11)22-9-15(21)19-18-8-10-2-1-3-12(20)6-10/h1-8,20H,9H2,(H,19,21)/b18-8+. The molecule has 114 valence electrons. The van der Waals surface area contributed by atoms with Crippen LogP contribution in [0.2, 0.25) is 10.0 Å². The number of amides is 1. The summed E-state index contributed by atoms with van der Waals surface area (Å²) in [5.41, 5.74) is 2.95. The lowest BCUT2D eigenvalue weighted by molar-refractivity contribution is -0.123. The number of phenolic OH excluding ortho intramolecular Hbond substituents is 1. The average Bonchev–Trinajstić information content (AvgIpc) is 2.48. The number of aromatic hydroxyl groups is 1. The van der Waals surface area contributed by atoms with E-state index < -0.39 is 5.91 Å². The van der Waals surface area contributed by atoms with Gasteiger partial charge in [-0.3, -0.25) is 4.79 Å². The molecule has 2 aromatic rings. The summed E-state index contributed by atoms with van der Waals surface area (Å²) in [4.78, 5) is 11.6. The number of benzene rings is 2. The Morgan fingerprint density at radius 1 is 1.27 bits per heavy atom. The molecule has 0 radical (unpaired) electrons. The molecular weight excluding hydrogens is 327 g/mol. The van der Waals surface area contributed by atoms with E-state index in [1.807, 2.05) is 0 Å². The van der Waals surface area contributed by atoms with E-state index in [2.05, 4.69) is 10.5 Å². The summed E-state index contributed by atoms with van der Waals surface area (Å²) < 4.78 is 5.26.